The fraction of sp³-hybridized carbons (Fsp3) is 0.125. The van der Waals surface area contributed by atoms with E-state index in [-0.39, 0.29) is 0 Å². The predicted octanol–water partition coefficient (Wildman–Crippen LogP) is 7.98. The molecule has 1 aliphatic heterocycles. The van der Waals surface area contributed by atoms with E-state index in [2.05, 4.69) is 125 Å². The molecule has 0 fully saturated rings. The molecule has 5 rings (SSSR count). The quantitative estimate of drug-likeness (QED) is 0.314. The molecule has 1 radical (unpaired) electrons. The maximum absolute atomic E-state index is 5.31. The summed E-state index contributed by atoms with van der Waals surface area (Å²) in [5.41, 5.74) is 14.1. The average Bonchev–Trinajstić information content (AvgIpc) is 3.21. The molecule has 4 aromatic rings. The van der Waals surface area contributed by atoms with Crippen LogP contribution in [0.2, 0.25) is 0 Å². The first-order valence-electron chi connectivity index (χ1n) is 11.5. The second-order valence-electron chi connectivity index (χ2n) is 9.02. The number of hydrogen-bond donors (Lipinski definition) is 0. The molecule has 1 heteroatoms. The smallest absolute Gasteiger partial charge is 0.0795 e. The van der Waals surface area contributed by atoms with E-state index in [1.54, 1.807) is 0 Å². The van der Waals surface area contributed by atoms with E-state index in [1.165, 1.54) is 44.5 Å². The molecule has 4 aromatic carbocycles. The van der Waals surface area contributed by atoms with Gasteiger partial charge in [-0.3, -0.25) is 0 Å². The summed E-state index contributed by atoms with van der Waals surface area (Å²) in [7, 11) is 0. The van der Waals surface area contributed by atoms with Gasteiger partial charge in [0.1, 0.15) is 0 Å². The Balaban J connectivity index is 1.80. The lowest BCUT2D eigenvalue weighted by molar-refractivity contribution is 1.23. The minimum atomic E-state index is 1.03. The van der Waals surface area contributed by atoms with Crippen LogP contribution in [0.3, 0.4) is 0 Å². The largest absolute Gasteiger partial charge is 0.246 e. The van der Waals surface area contributed by atoms with Crippen molar-refractivity contribution >= 4 is 22.5 Å². The van der Waals surface area contributed by atoms with Crippen LogP contribution in [-0.2, 0) is 0 Å². The Morgan fingerprint density at radius 3 is 0.848 bits per heavy atom. The van der Waals surface area contributed by atoms with Gasteiger partial charge in [-0.1, -0.05) is 119 Å². The van der Waals surface area contributed by atoms with Crippen molar-refractivity contribution in [2.75, 3.05) is 0 Å². The van der Waals surface area contributed by atoms with Crippen molar-refractivity contribution in [1.29, 1.82) is 0 Å². The molecule has 0 amide bonds. The Kier molecular flexibility index (Phi) is 5.48. The summed E-state index contributed by atoms with van der Waals surface area (Å²) < 4.78 is 0. The van der Waals surface area contributed by atoms with Crippen LogP contribution >= 0.6 is 0 Å². The second-order valence-corrected chi connectivity index (χ2v) is 9.02. The minimum absolute atomic E-state index is 1.03. The van der Waals surface area contributed by atoms with Crippen LogP contribution in [0.4, 0.5) is 0 Å². The molecule has 161 valence electrons. The third-order valence-electron chi connectivity index (χ3n) is 6.28. The van der Waals surface area contributed by atoms with Crippen molar-refractivity contribution in [3.8, 4) is 0 Å². The summed E-state index contributed by atoms with van der Waals surface area (Å²) in [4.78, 5) is 0. The van der Waals surface area contributed by atoms with E-state index in [4.69, 9.17) is 5.32 Å². The Morgan fingerprint density at radius 1 is 0.333 bits per heavy atom. The van der Waals surface area contributed by atoms with Gasteiger partial charge in [0.05, 0.1) is 11.4 Å². The predicted molar refractivity (Wildman–Crippen MR) is 140 cm³/mol. The standard InChI is InChI=1S/C32H28N/c1-21-5-13-25(14-6-21)29-30(26-15-7-22(2)8-16-26)32(28-19-11-24(4)12-20-28)33-31(29)27-17-9-23(3)10-18-27/h5-20H,1-4H3. The minimum Gasteiger partial charge on any atom is -0.246 e. The molecule has 0 saturated carbocycles. The van der Waals surface area contributed by atoms with Gasteiger partial charge in [-0.25, -0.2) is 5.32 Å². The molecule has 33 heavy (non-hydrogen) atoms. The molecular formula is C32H28N. The van der Waals surface area contributed by atoms with Crippen LogP contribution in [0.5, 0.6) is 0 Å². The van der Waals surface area contributed by atoms with Gasteiger partial charge in [0.2, 0.25) is 0 Å². The summed E-state index contributed by atoms with van der Waals surface area (Å²) >= 11 is 0. The van der Waals surface area contributed by atoms with Crippen LogP contribution in [0, 0.1) is 27.7 Å². The summed E-state index contributed by atoms with van der Waals surface area (Å²) in [5.74, 6) is 0. The molecule has 0 spiro atoms. The zero-order valence-electron chi connectivity index (χ0n) is 19.7. The highest BCUT2D eigenvalue weighted by atomic mass is 14.9. The van der Waals surface area contributed by atoms with Crippen LogP contribution in [0.25, 0.3) is 22.5 Å². The number of benzene rings is 4. The molecule has 0 unspecified atom stereocenters. The molecule has 0 aromatic heterocycles. The summed E-state index contributed by atoms with van der Waals surface area (Å²) in [5, 5.41) is 5.31. The third kappa shape index (κ3) is 4.15. The van der Waals surface area contributed by atoms with Crippen LogP contribution < -0.4 is 5.32 Å². The van der Waals surface area contributed by atoms with E-state index < -0.39 is 0 Å². The Morgan fingerprint density at radius 2 is 0.576 bits per heavy atom. The fourth-order valence-corrected chi connectivity index (χ4v) is 4.30. The zero-order valence-corrected chi connectivity index (χ0v) is 19.7. The summed E-state index contributed by atoms with van der Waals surface area (Å²) in [6.07, 6.45) is 0. The molecule has 1 heterocycles. The Bertz CT molecular complexity index is 1240. The first-order valence-corrected chi connectivity index (χ1v) is 11.5. The molecular weight excluding hydrogens is 398 g/mol. The van der Waals surface area contributed by atoms with Crippen molar-refractivity contribution in [2.45, 2.75) is 27.7 Å². The molecule has 1 nitrogen and oxygen atoms in total. The first-order chi connectivity index (χ1) is 16.0. The monoisotopic (exact) mass is 426 g/mol. The van der Waals surface area contributed by atoms with E-state index in [1.807, 2.05) is 0 Å². The van der Waals surface area contributed by atoms with Crippen LogP contribution in [-0.4, -0.2) is 0 Å². The lowest BCUT2D eigenvalue weighted by Crippen LogP contribution is -2.00. The van der Waals surface area contributed by atoms with Gasteiger partial charge in [0.15, 0.2) is 0 Å². The van der Waals surface area contributed by atoms with Crippen molar-refractivity contribution in [3.05, 3.63) is 142 Å². The third-order valence-corrected chi connectivity index (χ3v) is 6.28. The zero-order chi connectivity index (χ0) is 22.9. The second kappa shape index (κ2) is 8.60. The Hall–Kier alpha value is -3.84. The molecule has 0 bridgehead atoms. The molecule has 0 N–H and O–H groups in total. The number of rotatable bonds is 4. The number of nitrogens with zero attached hydrogens (tertiary/aromatic N) is 1. The highest BCUT2D eigenvalue weighted by Crippen LogP contribution is 2.47. The average molecular weight is 427 g/mol. The van der Waals surface area contributed by atoms with Crippen molar-refractivity contribution in [1.82, 2.24) is 5.32 Å². The van der Waals surface area contributed by atoms with Crippen LogP contribution in [0.1, 0.15) is 44.5 Å². The highest BCUT2D eigenvalue weighted by Gasteiger charge is 2.30. The fourth-order valence-electron chi connectivity index (χ4n) is 4.30. The van der Waals surface area contributed by atoms with Gasteiger partial charge in [-0.2, -0.15) is 0 Å². The summed E-state index contributed by atoms with van der Waals surface area (Å²) in [6, 6.07) is 35.1. The number of aryl methyl sites for hydroxylation is 4. The molecule has 0 saturated heterocycles. The maximum Gasteiger partial charge on any atom is 0.0795 e. The van der Waals surface area contributed by atoms with Gasteiger partial charge in [0, 0.05) is 22.3 Å². The number of allylic oxidation sites excluding steroid dienone is 2. The molecule has 0 atom stereocenters. The van der Waals surface area contributed by atoms with E-state index in [0.717, 1.165) is 22.5 Å². The van der Waals surface area contributed by atoms with Crippen molar-refractivity contribution in [3.63, 3.8) is 0 Å². The Labute approximate surface area is 197 Å². The van der Waals surface area contributed by atoms with Gasteiger partial charge in [-0.05, 0) is 38.8 Å². The van der Waals surface area contributed by atoms with Crippen LogP contribution in [0.15, 0.2) is 97.1 Å². The highest BCUT2D eigenvalue weighted by molar-refractivity contribution is 6.26. The van der Waals surface area contributed by atoms with E-state index in [9.17, 15) is 0 Å². The number of hydrogen-bond acceptors (Lipinski definition) is 0. The van der Waals surface area contributed by atoms with Gasteiger partial charge in [0.25, 0.3) is 0 Å². The van der Waals surface area contributed by atoms with Crippen molar-refractivity contribution in [2.24, 2.45) is 0 Å². The topological polar surface area (TPSA) is 14.1 Å². The lowest BCUT2D eigenvalue weighted by atomic mass is 9.88. The maximum atomic E-state index is 5.31. The van der Waals surface area contributed by atoms with Gasteiger partial charge in [-0.15, -0.1) is 0 Å². The normalized spacial score (nSPS) is 13.5. The van der Waals surface area contributed by atoms with E-state index in [0.29, 0.717) is 0 Å². The molecule has 1 aliphatic rings. The van der Waals surface area contributed by atoms with Crippen molar-refractivity contribution < 1.29 is 0 Å². The SMILES string of the molecule is Cc1ccc(C2=C(c3ccc(C)cc3)C(c3ccc(C)cc3)=C(c3ccc(C)cc3)[N]2)cc1. The summed E-state index contributed by atoms with van der Waals surface area (Å²) in [6.45, 7) is 8.51. The lowest BCUT2D eigenvalue weighted by Gasteiger charge is -2.13. The van der Waals surface area contributed by atoms with E-state index >= 15 is 0 Å². The first kappa shape index (κ1) is 21.0. The van der Waals surface area contributed by atoms with Gasteiger partial charge >= 0.3 is 0 Å². The van der Waals surface area contributed by atoms with Gasteiger partial charge < -0.3 is 0 Å². The molecule has 0 aliphatic carbocycles.